The van der Waals surface area contributed by atoms with Crippen molar-refractivity contribution in [2.45, 2.75) is 36.5 Å². The van der Waals surface area contributed by atoms with Crippen LogP contribution in [0.25, 0.3) is 11.0 Å². The van der Waals surface area contributed by atoms with Gasteiger partial charge in [0.25, 0.3) is 0 Å². The normalized spacial score (nSPS) is 18.0. The van der Waals surface area contributed by atoms with Gasteiger partial charge in [0.15, 0.2) is 16.7 Å². The fraction of sp³-hybridized carbons (Fsp3) is 0.350. The Bertz CT molecular complexity index is 973. The SMILES string of the molecule is FC1(F)Oc2cc3nc(SCc4ccccc4N4CCCCC4)[nH]c3cc2O1. The van der Waals surface area contributed by atoms with Crippen molar-refractivity contribution < 1.29 is 18.3 Å². The molecule has 0 amide bonds. The summed E-state index contributed by atoms with van der Waals surface area (Å²) in [5, 5.41) is 0.735. The van der Waals surface area contributed by atoms with Crippen LogP contribution in [0.4, 0.5) is 14.5 Å². The third-order valence-corrected chi connectivity index (χ3v) is 5.96. The monoisotopic (exact) mass is 403 g/mol. The first kappa shape index (κ1) is 17.6. The van der Waals surface area contributed by atoms with Gasteiger partial charge in [-0.2, -0.15) is 0 Å². The predicted octanol–water partition coefficient (Wildman–Crippen LogP) is 5.17. The highest BCUT2D eigenvalue weighted by molar-refractivity contribution is 7.98. The first-order valence-electron chi connectivity index (χ1n) is 9.33. The molecule has 0 atom stereocenters. The van der Waals surface area contributed by atoms with E-state index in [9.17, 15) is 8.78 Å². The van der Waals surface area contributed by atoms with Gasteiger partial charge in [0.2, 0.25) is 0 Å². The van der Waals surface area contributed by atoms with Crippen LogP contribution in [0.2, 0.25) is 0 Å². The minimum atomic E-state index is -3.61. The number of piperidine rings is 1. The molecule has 0 aliphatic carbocycles. The number of aromatic amines is 1. The summed E-state index contributed by atoms with van der Waals surface area (Å²) in [6, 6.07) is 11.5. The predicted molar refractivity (Wildman–Crippen MR) is 104 cm³/mol. The van der Waals surface area contributed by atoms with Crippen molar-refractivity contribution in [3.05, 3.63) is 42.0 Å². The molecule has 0 saturated carbocycles. The summed E-state index contributed by atoms with van der Waals surface area (Å²) in [7, 11) is 0. The molecule has 0 unspecified atom stereocenters. The summed E-state index contributed by atoms with van der Waals surface area (Å²) >= 11 is 1.59. The van der Waals surface area contributed by atoms with E-state index in [0.717, 1.165) is 24.0 Å². The number of rotatable bonds is 4. The number of H-pyrrole nitrogens is 1. The maximum atomic E-state index is 13.2. The van der Waals surface area contributed by atoms with Crippen molar-refractivity contribution in [3.63, 3.8) is 0 Å². The molecular weight excluding hydrogens is 384 g/mol. The Morgan fingerprint density at radius 3 is 2.64 bits per heavy atom. The Morgan fingerprint density at radius 2 is 1.82 bits per heavy atom. The number of hydrogen-bond donors (Lipinski definition) is 1. The van der Waals surface area contributed by atoms with Crippen molar-refractivity contribution in [1.82, 2.24) is 9.97 Å². The number of nitrogens with one attached hydrogen (secondary N) is 1. The standard InChI is InChI=1S/C20H19F2N3O2S/c21-20(22)26-17-10-14-15(11-18(17)27-20)24-19(23-14)28-12-13-6-2-3-7-16(13)25-8-4-1-5-9-25/h2-3,6-7,10-11H,1,4-5,8-9,12H2,(H,23,24). The highest BCUT2D eigenvalue weighted by atomic mass is 32.2. The molecule has 3 aromatic rings. The average molecular weight is 403 g/mol. The molecule has 2 aliphatic heterocycles. The van der Waals surface area contributed by atoms with E-state index in [1.54, 1.807) is 11.8 Å². The maximum Gasteiger partial charge on any atom is 0.586 e. The van der Waals surface area contributed by atoms with Crippen molar-refractivity contribution in [3.8, 4) is 11.5 Å². The second-order valence-electron chi connectivity index (χ2n) is 6.99. The fourth-order valence-corrected chi connectivity index (χ4v) is 4.60. The van der Waals surface area contributed by atoms with Gasteiger partial charge in [0.1, 0.15) is 0 Å². The molecular formula is C20H19F2N3O2S. The van der Waals surface area contributed by atoms with Gasteiger partial charge in [-0.05, 0) is 30.9 Å². The molecule has 3 heterocycles. The molecule has 5 rings (SSSR count). The number of fused-ring (bicyclic) bond motifs is 2. The molecule has 28 heavy (non-hydrogen) atoms. The lowest BCUT2D eigenvalue weighted by Gasteiger charge is -2.30. The van der Waals surface area contributed by atoms with Gasteiger partial charge in [-0.3, -0.25) is 0 Å². The average Bonchev–Trinajstić information content (AvgIpc) is 3.22. The molecule has 1 saturated heterocycles. The van der Waals surface area contributed by atoms with E-state index in [-0.39, 0.29) is 11.5 Å². The Morgan fingerprint density at radius 1 is 1.07 bits per heavy atom. The van der Waals surface area contributed by atoms with Gasteiger partial charge >= 0.3 is 6.29 Å². The maximum absolute atomic E-state index is 13.2. The summed E-state index contributed by atoms with van der Waals surface area (Å²) < 4.78 is 35.4. The Hall–Kier alpha value is -2.48. The van der Waals surface area contributed by atoms with E-state index in [4.69, 9.17) is 0 Å². The number of alkyl halides is 2. The number of halogens is 2. The van der Waals surface area contributed by atoms with E-state index < -0.39 is 6.29 Å². The first-order chi connectivity index (χ1) is 13.6. The van der Waals surface area contributed by atoms with Crippen LogP contribution in [0, 0.1) is 0 Å². The highest BCUT2D eigenvalue weighted by Gasteiger charge is 2.43. The highest BCUT2D eigenvalue weighted by Crippen LogP contribution is 2.43. The number of benzene rings is 2. The lowest BCUT2D eigenvalue weighted by molar-refractivity contribution is -0.286. The number of hydrogen-bond acceptors (Lipinski definition) is 5. The Labute approximate surface area is 165 Å². The third-order valence-electron chi connectivity index (χ3n) is 5.04. The van der Waals surface area contributed by atoms with Crippen LogP contribution in [0.15, 0.2) is 41.6 Å². The van der Waals surface area contributed by atoms with Crippen LogP contribution in [-0.2, 0) is 5.75 Å². The van der Waals surface area contributed by atoms with Gasteiger partial charge in [0, 0.05) is 36.7 Å². The number of para-hydroxylation sites is 1. The fourth-order valence-electron chi connectivity index (χ4n) is 3.72. The van der Waals surface area contributed by atoms with Crippen molar-refractivity contribution in [2.75, 3.05) is 18.0 Å². The van der Waals surface area contributed by atoms with Gasteiger partial charge in [-0.1, -0.05) is 30.0 Å². The first-order valence-corrected chi connectivity index (χ1v) is 10.3. The molecule has 1 N–H and O–H groups in total. The van der Waals surface area contributed by atoms with Gasteiger partial charge in [0.05, 0.1) is 11.0 Å². The molecule has 2 aromatic carbocycles. The summed E-state index contributed by atoms with van der Waals surface area (Å²) in [5.74, 6) is 0.807. The van der Waals surface area contributed by atoms with E-state index in [0.29, 0.717) is 11.0 Å². The smallest absolute Gasteiger partial charge is 0.395 e. The zero-order valence-electron chi connectivity index (χ0n) is 15.1. The van der Waals surface area contributed by atoms with Crippen LogP contribution in [0.5, 0.6) is 11.5 Å². The number of ether oxygens (including phenoxy) is 2. The second kappa shape index (κ2) is 6.84. The second-order valence-corrected chi connectivity index (χ2v) is 7.95. The van der Waals surface area contributed by atoms with E-state index in [1.165, 1.54) is 42.6 Å². The molecule has 1 aromatic heterocycles. The summed E-state index contributed by atoms with van der Waals surface area (Å²) in [5.41, 5.74) is 3.77. The van der Waals surface area contributed by atoms with Crippen LogP contribution >= 0.6 is 11.8 Å². The lowest BCUT2D eigenvalue weighted by atomic mass is 10.1. The topological polar surface area (TPSA) is 50.4 Å². The van der Waals surface area contributed by atoms with Crippen LogP contribution in [0.3, 0.4) is 0 Å². The molecule has 1 fully saturated rings. The minimum absolute atomic E-state index is 0.0102. The quantitative estimate of drug-likeness (QED) is 0.610. The van der Waals surface area contributed by atoms with Crippen LogP contribution < -0.4 is 14.4 Å². The van der Waals surface area contributed by atoms with Crippen molar-refractivity contribution in [2.24, 2.45) is 0 Å². The zero-order chi connectivity index (χ0) is 19.1. The molecule has 2 aliphatic rings. The van der Waals surface area contributed by atoms with E-state index in [1.807, 2.05) is 0 Å². The molecule has 0 bridgehead atoms. The molecule has 146 valence electrons. The molecule has 0 radical (unpaired) electrons. The Kier molecular flexibility index (Phi) is 4.30. The van der Waals surface area contributed by atoms with Crippen LogP contribution in [-0.4, -0.2) is 29.4 Å². The van der Waals surface area contributed by atoms with Crippen molar-refractivity contribution in [1.29, 1.82) is 0 Å². The van der Waals surface area contributed by atoms with Crippen molar-refractivity contribution >= 4 is 28.5 Å². The molecule has 0 spiro atoms. The molecule has 8 heteroatoms. The number of thioether (sulfide) groups is 1. The number of imidazole rings is 1. The minimum Gasteiger partial charge on any atom is -0.395 e. The number of nitrogens with zero attached hydrogens (tertiary/aromatic N) is 2. The Balaban J connectivity index is 1.35. The molecule has 5 nitrogen and oxygen atoms in total. The zero-order valence-corrected chi connectivity index (χ0v) is 15.9. The summed E-state index contributed by atoms with van der Waals surface area (Å²) in [4.78, 5) is 10.1. The van der Waals surface area contributed by atoms with Crippen LogP contribution in [0.1, 0.15) is 24.8 Å². The third kappa shape index (κ3) is 3.37. The summed E-state index contributed by atoms with van der Waals surface area (Å²) in [6.45, 7) is 2.20. The van der Waals surface area contributed by atoms with Gasteiger partial charge in [-0.15, -0.1) is 8.78 Å². The largest absolute Gasteiger partial charge is 0.586 e. The van der Waals surface area contributed by atoms with E-state index in [2.05, 4.69) is 48.6 Å². The summed E-state index contributed by atoms with van der Waals surface area (Å²) in [6.07, 6.45) is 0.157. The van der Waals surface area contributed by atoms with Gasteiger partial charge in [-0.25, -0.2) is 4.98 Å². The van der Waals surface area contributed by atoms with Gasteiger partial charge < -0.3 is 19.4 Å². The number of anilines is 1. The lowest BCUT2D eigenvalue weighted by Crippen LogP contribution is -2.30. The number of aromatic nitrogens is 2. The van der Waals surface area contributed by atoms with E-state index >= 15 is 0 Å².